The summed E-state index contributed by atoms with van der Waals surface area (Å²) in [7, 11) is 0. The van der Waals surface area contributed by atoms with Gasteiger partial charge in [-0.3, -0.25) is 0 Å². The second kappa shape index (κ2) is 7.21. The van der Waals surface area contributed by atoms with Crippen LogP contribution in [0, 0.1) is 17.8 Å². The maximum Gasteiger partial charge on any atom is 0.0645 e. The van der Waals surface area contributed by atoms with E-state index in [1.165, 1.54) is 5.57 Å². The first-order valence-electron chi connectivity index (χ1n) is 7.62. The Bertz CT molecular complexity index is 420. The summed E-state index contributed by atoms with van der Waals surface area (Å²) in [5.74, 6) is 1.04. The third-order valence-electron chi connectivity index (χ3n) is 4.57. The number of aliphatic hydroxyl groups excluding tert-OH is 3. The van der Waals surface area contributed by atoms with Crippen LogP contribution in [0.4, 0.5) is 0 Å². The number of hydrogen-bond acceptors (Lipinski definition) is 3. The van der Waals surface area contributed by atoms with Crippen molar-refractivity contribution >= 4 is 0 Å². The van der Waals surface area contributed by atoms with Crippen molar-refractivity contribution in [2.45, 2.75) is 32.6 Å². The summed E-state index contributed by atoms with van der Waals surface area (Å²) in [6.07, 6.45) is 10.2. The highest BCUT2D eigenvalue weighted by Gasteiger charge is 2.29. The molecule has 3 N–H and O–H groups in total. The maximum atomic E-state index is 9.43. The van der Waals surface area contributed by atoms with E-state index in [-0.39, 0.29) is 25.7 Å². The van der Waals surface area contributed by atoms with Crippen LogP contribution in [0.3, 0.4) is 0 Å². The molecule has 3 unspecified atom stereocenters. The molecule has 20 heavy (non-hydrogen) atoms. The zero-order valence-electron chi connectivity index (χ0n) is 12.3. The Kier molecular flexibility index (Phi) is 5.58. The summed E-state index contributed by atoms with van der Waals surface area (Å²) in [5, 5.41) is 28.3. The quantitative estimate of drug-likeness (QED) is 0.676. The largest absolute Gasteiger partial charge is 0.396 e. The van der Waals surface area contributed by atoms with Crippen LogP contribution < -0.4 is 0 Å². The molecular formula is C17H26O3. The van der Waals surface area contributed by atoms with E-state index in [9.17, 15) is 15.3 Å². The van der Waals surface area contributed by atoms with Crippen LogP contribution in [0.25, 0.3) is 0 Å². The van der Waals surface area contributed by atoms with E-state index in [1.54, 1.807) is 0 Å². The Morgan fingerprint density at radius 1 is 1.05 bits per heavy atom. The Balaban J connectivity index is 2.13. The van der Waals surface area contributed by atoms with Crippen molar-refractivity contribution in [3.63, 3.8) is 0 Å². The molecule has 0 saturated carbocycles. The summed E-state index contributed by atoms with van der Waals surface area (Å²) < 4.78 is 0. The highest BCUT2D eigenvalue weighted by atomic mass is 16.3. The summed E-state index contributed by atoms with van der Waals surface area (Å²) >= 11 is 0. The predicted octanol–water partition coefficient (Wildman–Crippen LogP) is 2.20. The average Bonchev–Trinajstić information content (AvgIpc) is 2.53. The van der Waals surface area contributed by atoms with Gasteiger partial charge in [-0.05, 0) is 48.7 Å². The zero-order chi connectivity index (χ0) is 14.5. The molecule has 0 amide bonds. The molecule has 0 aromatic heterocycles. The van der Waals surface area contributed by atoms with E-state index < -0.39 is 0 Å². The van der Waals surface area contributed by atoms with Gasteiger partial charge in [-0.25, -0.2) is 0 Å². The van der Waals surface area contributed by atoms with Crippen LogP contribution in [0.1, 0.15) is 32.6 Å². The molecule has 112 valence electrons. The molecule has 2 aliphatic carbocycles. The van der Waals surface area contributed by atoms with Crippen LogP contribution in [-0.4, -0.2) is 35.1 Å². The second-order valence-corrected chi connectivity index (χ2v) is 6.05. The summed E-state index contributed by atoms with van der Waals surface area (Å²) in [6.45, 7) is 2.51. The van der Waals surface area contributed by atoms with Gasteiger partial charge in [0.1, 0.15) is 0 Å². The Morgan fingerprint density at radius 3 is 2.40 bits per heavy atom. The van der Waals surface area contributed by atoms with E-state index in [4.69, 9.17) is 0 Å². The van der Waals surface area contributed by atoms with E-state index in [0.29, 0.717) is 11.8 Å². The van der Waals surface area contributed by atoms with E-state index in [2.05, 4.69) is 19.1 Å². The molecule has 3 nitrogen and oxygen atoms in total. The Morgan fingerprint density at radius 2 is 1.80 bits per heavy atom. The van der Waals surface area contributed by atoms with Crippen molar-refractivity contribution in [1.82, 2.24) is 0 Å². The Hall–Kier alpha value is -0.900. The minimum atomic E-state index is 0.0900. The first-order valence-corrected chi connectivity index (χ1v) is 7.62. The van der Waals surface area contributed by atoms with Gasteiger partial charge in [0.05, 0.1) is 13.2 Å². The fourth-order valence-electron chi connectivity index (χ4n) is 3.49. The van der Waals surface area contributed by atoms with Crippen molar-refractivity contribution in [2.75, 3.05) is 19.8 Å². The van der Waals surface area contributed by atoms with Gasteiger partial charge in [-0.15, -0.1) is 0 Å². The van der Waals surface area contributed by atoms with Gasteiger partial charge in [-0.1, -0.05) is 30.7 Å². The van der Waals surface area contributed by atoms with Crippen LogP contribution in [0.2, 0.25) is 0 Å². The van der Waals surface area contributed by atoms with Gasteiger partial charge in [0, 0.05) is 12.5 Å². The molecule has 0 saturated heterocycles. The first kappa shape index (κ1) is 15.5. The van der Waals surface area contributed by atoms with Crippen LogP contribution in [0.15, 0.2) is 34.9 Å². The van der Waals surface area contributed by atoms with Gasteiger partial charge in [0.2, 0.25) is 0 Å². The molecule has 0 aromatic carbocycles. The van der Waals surface area contributed by atoms with Gasteiger partial charge >= 0.3 is 0 Å². The van der Waals surface area contributed by atoms with Crippen molar-refractivity contribution in [3.05, 3.63) is 34.9 Å². The molecule has 0 heterocycles. The number of allylic oxidation sites excluding steroid dienone is 3. The SMILES string of the molecule is CCC1=CC(C2CC(CO)=CC(CO)C2)CC(CO)=C1. The summed E-state index contributed by atoms with van der Waals surface area (Å²) in [4.78, 5) is 0. The van der Waals surface area contributed by atoms with Crippen LogP contribution in [0.5, 0.6) is 0 Å². The monoisotopic (exact) mass is 278 g/mol. The molecule has 2 aliphatic rings. The van der Waals surface area contributed by atoms with Crippen molar-refractivity contribution in [2.24, 2.45) is 17.8 Å². The second-order valence-electron chi connectivity index (χ2n) is 6.05. The maximum absolute atomic E-state index is 9.43. The molecule has 3 heteroatoms. The standard InChI is InChI=1S/C17H26O3/c1-2-12-3-13(9-18)6-16(5-12)17-7-14(10-19)4-15(8-17)11-20/h3-5,14,16-20H,2,6-11H2,1H3. The third kappa shape index (κ3) is 3.60. The van der Waals surface area contributed by atoms with E-state index in [0.717, 1.165) is 36.8 Å². The number of hydrogen-bond donors (Lipinski definition) is 3. The van der Waals surface area contributed by atoms with Gasteiger partial charge in [-0.2, -0.15) is 0 Å². The minimum Gasteiger partial charge on any atom is -0.396 e. The summed E-state index contributed by atoms with van der Waals surface area (Å²) in [5.41, 5.74) is 3.45. The zero-order valence-corrected chi connectivity index (χ0v) is 12.3. The summed E-state index contributed by atoms with van der Waals surface area (Å²) in [6, 6.07) is 0. The van der Waals surface area contributed by atoms with Crippen molar-refractivity contribution in [3.8, 4) is 0 Å². The van der Waals surface area contributed by atoms with Crippen LogP contribution in [-0.2, 0) is 0 Å². The molecule has 0 aromatic rings. The van der Waals surface area contributed by atoms with E-state index in [1.807, 2.05) is 6.08 Å². The molecule has 3 atom stereocenters. The average molecular weight is 278 g/mol. The van der Waals surface area contributed by atoms with Crippen LogP contribution >= 0.6 is 0 Å². The van der Waals surface area contributed by atoms with Gasteiger partial charge in [0.25, 0.3) is 0 Å². The van der Waals surface area contributed by atoms with Crippen molar-refractivity contribution < 1.29 is 15.3 Å². The first-order chi connectivity index (χ1) is 9.69. The van der Waals surface area contributed by atoms with Crippen molar-refractivity contribution in [1.29, 1.82) is 0 Å². The topological polar surface area (TPSA) is 60.7 Å². The highest BCUT2D eigenvalue weighted by molar-refractivity contribution is 5.30. The fraction of sp³-hybridized carbons (Fsp3) is 0.647. The highest BCUT2D eigenvalue weighted by Crippen LogP contribution is 2.39. The third-order valence-corrected chi connectivity index (χ3v) is 4.57. The minimum absolute atomic E-state index is 0.0900. The normalized spacial score (nSPS) is 30.6. The van der Waals surface area contributed by atoms with E-state index >= 15 is 0 Å². The van der Waals surface area contributed by atoms with Gasteiger partial charge < -0.3 is 15.3 Å². The lowest BCUT2D eigenvalue weighted by Gasteiger charge is -2.34. The smallest absolute Gasteiger partial charge is 0.0645 e. The molecule has 2 rings (SSSR count). The predicted molar refractivity (Wildman–Crippen MR) is 80.1 cm³/mol. The lowest BCUT2D eigenvalue weighted by atomic mass is 9.72. The molecule has 0 radical (unpaired) electrons. The number of aliphatic hydroxyl groups is 3. The Labute approximate surface area is 121 Å². The lowest BCUT2D eigenvalue weighted by Crippen LogP contribution is -2.25. The molecule has 0 fully saturated rings. The molecule has 0 aliphatic heterocycles. The van der Waals surface area contributed by atoms with Gasteiger partial charge in [0.15, 0.2) is 0 Å². The molecule has 0 spiro atoms. The molecular weight excluding hydrogens is 252 g/mol. The fourth-order valence-corrected chi connectivity index (χ4v) is 3.49. The number of rotatable bonds is 5. The molecule has 0 bridgehead atoms. The lowest BCUT2D eigenvalue weighted by molar-refractivity contribution is 0.195.